The van der Waals surface area contributed by atoms with Gasteiger partial charge < -0.3 is 19.1 Å². The predicted molar refractivity (Wildman–Crippen MR) is 84.1 cm³/mol. The van der Waals surface area contributed by atoms with Crippen LogP contribution >= 0.6 is 7.60 Å². The Bertz CT molecular complexity index is 457. The second-order valence-corrected chi connectivity index (χ2v) is 9.43. The molecule has 0 aromatic rings. The van der Waals surface area contributed by atoms with Crippen LogP contribution in [-0.2, 0) is 18.3 Å². The average molecular weight is 333 g/mol. The maximum absolute atomic E-state index is 12.7. The second-order valence-electron chi connectivity index (χ2n) is 7.21. The summed E-state index contributed by atoms with van der Waals surface area (Å²) in [6.07, 6.45) is 2.11. The van der Waals surface area contributed by atoms with E-state index in [4.69, 9.17) is 13.8 Å². The van der Waals surface area contributed by atoms with E-state index in [1.165, 1.54) is 0 Å². The fourth-order valence-electron chi connectivity index (χ4n) is 3.29. The molecule has 2 aliphatic rings. The lowest BCUT2D eigenvalue weighted by molar-refractivity contribution is 0.0441. The van der Waals surface area contributed by atoms with E-state index in [1.54, 1.807) is 0 Å². The van der Waals surface area contributed by atoms with Gasteiger partial charge in [0.2, 0.25) is 0 Å². The summed E-state index contributed by atoms with van der Waals surface area (Å²) >= 11 is 0. The molecule has 0 aliphatic heterocycles. The molecule has 1 spiro atoms. The number of carbonyl (C=O) groups is 1. The molecule has 7 heteroatoms. The van der Waals surface area contributed by atoms with E-state index in [0.717, 1.165) is 19.3 Å². The molecule has 22 heavy (non-hydrogen) atoms. The minimum absolute atomic E-state index is 0.0170. The highest BCUT2D eigenvalue weighted by Gasteiger charge is 2.69. The van der Waals surface area contributed by atoms with Crippen molar-refractivity contribution in [1.29, 1.82) is 0 Å². The van der Waals surface area contributed by atoms with Gasteiger partial charge in [-0.15, -0.1) is 0 Å². The molecule has 0 aromatic carbocycles. The van der Waals surface area contributed by atoms with Crippen molar-refractivity contribution >= 4 is 13.7 Å². The number of hydrogen-bond donors (Lipinski definition) is 1. The number of nitrogens with one attached hydrogen (secondary N) is 1. The molecule has 2 rings (SSSR count). The van der Waals surface area contributed by atoms with Crippen LogP contribution in [0, 0.1) is 5.41 Å². The summed E-state index contributed by atoms with van der Waals surface area (Å²) in [7, 11) is -3.01. The third-order valence-corrected chi connectivity index (χ3v) is 6.90. The third kappa shape index (κ3) is 3.84. The molecule has 1 unspecified atom stereocenters. The molecule has 1 atom stereocenters. The highest BCUT2D eigenvalue weighted by atomic mass is 31.2. The van der Waals surface area contributed by atoms with Crippen molar-refractivity contribution in [2.45, 2.75) is 71.2 Å². The van der Waals surface area contributed by atoms with Crippen molar-refractivity contribution in [1.82, 2.24) is 5.32 Å². The van der Waals surface area contributed by atoms with E-state index in [1.807, 2.05) is 34.6 Å². The van der Waals surface area contributed by atoms with Crippen LogP contribution in [0.5, 0.6) is 0 Å². The zero-order valence-electron chi connectivity index (χ0n) is 14.2. The summed E-state index contributed by atoms with van der Waals surface area (Å²) in [5, 5.41) is 2.87. The van der Waals surface area contributed by atoms with Crippen molar-refractivity contribution in [3.05, 3.63) is 0 Å². The minimum atomic E-state index is -3.01. The molecule has 0 saturated heterocycles. The quantitative estimate of drug-likeness (QED) is 0.750. The van der Waals surface area contributed by atoms with Crippen molar-refractivity contribution < 1.29 is 23.1 Å². The number of rotatable bonds is 6. The van der Waals surface area contributed by atoms with E-state index in [9.17, 15) is 9.36 Å². The maximum Gasteiger partial charge on any atom is 0.407 e. The molecule has 128 valence electrons. The Balaban J connectivity index is 1.82. The van der Waals surface area contributed by atoms with Gasteiger partial charge in [0, 0.05) is 6.04 Å². The number of alkyl carbamates (subject to hydrolysis) is 1. The van der Waals surface area contributed by atoms with Gasteiger partial charge in [0.15, 0.2) is 0 Å². The first-order chi connectivity index (χ1) is 10.1. The van der Waals surface area contributed by atoms with Crippen LogP contribution in [0.4, 0.5) is 4.79 Å². The Morgan fingerprint density at radius 1 is 1.18 bits per heavy atom. The van der Waals surface area contributed by atoms with Gasteiger partial charge in [-0.25, -0.2) is 4.79 Å². The van der Waals surface area contributed by atoms with Crippen molar-refractivity contribution in [2.75, 3.05) is 13.2 Å². The highest BCUT2D eigenvalue weighted by molar-refractivity contribution is 7.55. The van der Waals surface area contributed by atoms with Gasteiger partial charge in [-0.05, 0) is 59.3 Å². The van der Waals surface area contributed by atoms with Gasteiger partial charge in [-0.3, -0.25) is 4.57 Å². The molecule has 6 nitrogen and oxygen atoms in total. The fraction of sp³-hybridized carbons (Fsp3) is 0.933. The van der Waals surface area contributed by atoms with Crippen molar-refractivity contribution in [3.63, 3.8) is 0 Å². The first-order valence-corrected chi connectivity index (χ1v) is 9.63. The van der Waals surface area contributed by atoms with Crippen LogP contribution in [0.1, 0.15) is 53.9 Å². The first-order valence-electron chi connectivity index (χ1n) is 8.02. The molecule has 0 bridgehead atoms. The summed E-state index contributed by atoms with van der Waals surface area (Å²) < 4.78 is 28.9. The van der Waals surface area contributed by atoms with Crippen LogP contribution < -0.4 is 5.32 Å². The zero-order chi connectivity index (χ0) is 16.6. The van der Waals surface area contributed by atoms with E-state index < -0.39 is 13.2 Å². The largest absolute Gasteiger partial charge is 0.444 e. The number of hydrogen-bond acceptors (Lipinski definition) is 5. The van der Waals surface area contributed by atoms with E-state index in [2.05, 4.69) is 5.32 Å². The molecule has 0 aromatic heterocycles. The lowest BCUT2D eigenvalue weighted by Gasteiger charge is -2.38. The summed E-state index contributed by atoms with van der Waals surface area (Å²) in [6, 6.07) is 0.0940. The first kappa shape index (κ1) is 17.8. The monoisotopic (exact) mass is 333 g/mol. The van der Waals surface area contributed by atoms with Crippen LogP contribution in [-0.4, -0.2) is 36.6 Å². The maximum atomic E-state index is 12.7. The molecule has 0 heterocycles. The highest BCUT2D eigenvalue weighted by Crippen LogP contribution is 2.76. The van der Waals surface area contributed by atoms with Gasteiger partial charge in [-0.2, -0.15) is 0 Å². The van der Waals surface area contributed by atoms with Crippen molar-refractivity contribution in [3.8, 4) is 0 Å². The Labute approximate surface area is 132 Å². The third-order valence-electron chi connectivity index (χ3n) is 4.17. The summed E-state index contributed by atoms with van der Waals surface area (Å²) in [5.41, 5.74) is -0.483. The summed E-state index contributed by atoms with van der Waals surface area (Å²) in [6.45, 7) is 9.96. The zero-order valence-corrected chi connectivity index (χ0v) is 15.1. The fourth-order valence-corrected chi connectivity index (χ4v) is 5.91. The van der Waals surface area contributed by atoms with Crippen LogP contribution in [0.15, 0.2) is 0 Å². The van der Waals surface area contributed by atoms with Gasteiger partial charge >= 0.3 is 13.7 Å². The van der Waals surface area contributed by atoms with E-state index in [-0.39, 0.29) is 23.2 Å². The van der Waals surface area contributed by atoms with Gasteiger partial charge in [0.25, 0.3) is 0 Å². The average Bonchev–Trinajstić information content (AvgIpc) is 3.02. The van der Waals surface area contributed by atoms with Crippen molar-refractivity contribution in [2.24, 2.45) is 5.41 Å². The topological polar surface area (TPSA) is 73.9 Å². The minimum Gasteiger partial charge on any atom is -0.444 e. The Kier molecular flexibility index (Phi) is 4.96. The molecule has 2 fully saturated rings. The second kappa shape index (κ2) is 6.14. The predicted octanol–water partition coefficient (Wildman–Crippen LogP) is 3.70. The van der Waals surface area contributed by atoms with Crippen LogP contribution in [0.25, 0.3) is 0 Å². The molecular formula is C15H28NO5P. The molecular weight excluding hydrogens is 305 g/mol. The van der Waals surface area contributed by atoms with Crippen LogP contribution in [0.2, 0.25) is 0 Å². The molecule has 2 aliphatic carbocycles. The molecule has 0 radical (unpaired) electrons. The standard InChI is InChI=1S/C15H28NO5P/c1-6-19-22(18,20-7-2)12-10-15(12)8-11(9-15)16-13(17)21-14(3,4)5/h11-12H,6-10H2,1-5H3,(H,16,17). The SMILES string of the molecule is CCOP(=O)(OCC)C1CC12CC(NC(=O)OC(C)(C)C)C2. The van der Waals surface area contributed by atoms with Gasteiger partial charge in [0.1, 0.15) is 5.60 Å². The Morgan fingerprint density at radius 2 is 1.73 bits per heavy atom. The van der Waals surface area contributed by atoms with Gasteiger partial charge in [0.05, 0.1) is 18.9 Å². The van der Waals surface area contributed by atoms with E-state index >= 15 is 0 Å². The number of ether oxygens (including phenoxy) is 1. The Hall–Kier alpha value is -0.580. The van der Waals surface area contributed by atoms with Gasteiger partial charge in [-0.1, -0.05) is 0 Å². The lowest BCUT2D eigenvalue weighted by Crippen LogP contribution is -2.48. The van der Waals surface area contributed by atoms with Crippen LogP contribution in [0.3, 0.4) is 0 Å². The normalized spacial score (nSPS) is 30.8. The molecule has 2 saturated carbocycles. The number of carbonyl (C=O) groups excluding carboxylic acids is 1. The summed E-state index contributed by atoms with van der Waals surface area (Å²) in [4.78, 5) is 11.7. The number of amides is 1. The van der Waals surface area contributed by atoms with E-state index in [0.29, 0.717) is 13.2 Å². The smallest absolute Gasteiger partial charge is 0.407 e. The lowest BCUT2D eigenvalue weighted by atomic mass is 9.77. The molecule has 1 N–H and O–H groups in total. The Morgan fingerprint density at radius 3 is 2.18 bits per heavy atom. The molecule has 1 amide bonds. The summed E-state index contributed by atoms with van der Waals surface area (Å²) in [5.74, 6) is 0.